The van der Waals surface area contributed by atoms with E-state index >= 15 is 0 Å². The molecule has 2 aliphatic rings. The predicted octanol–water partition coefficient (Wildman–Crippen LogP) is 5.42. The van der Waals surface area contributed by atoms with Crippen molar-refractivity contribution in [3.63, 3.8) is 0 Å². The molecule has 1 aliphatic heterocycles. The van der Waals surface area contributed by atoms with Gasteiger partial charge in [-0.3, -0.25) is 4.79 Å². The van der Waals surface area contributed by atoms with Crippen LogP contribution in [0.3, 0.4) is 0 Å². The topological polar surface area (TPSA) is 55.4 Å². The lowest BCUT2D eigenvalue weighted by Crippen LogP contribution is -2.35. The van der Waals surface area contributed by atoms with Gasteiger partial charge in [0.15, 0.2) is 5.78 Å². The van der Waals surface area contributed by atoms with Crippen molar-refractivity contribution >= 4 is 11.8 Å². The molecule has 4 nitrogen and oxygen atoms in total. The van der Waals surface area contributed by atoms with Gasteiger partial charge in [-0.1, -0.05) is 48.5 Å². The average Bonchev–Trinajstić information content (AvgIpc) is 2.77. The molecule has 0 saturated heterocycles. The summed E-state index contributed by atoms with van der Waals surface area (Å²) in [5.74, 6) is -2.13. The molecule has 32 heavy (non-hydrogen) atoms. The van der Waals surface area contributed by atoms with Crippen molar-refractivity contribution in [3.05, 3.63) is 93.8 Å². The van der Waals surface area contributed by atoms with E-state index in [9.17, 15) is 22.8 Å². The van der Waals surface area contributed by atoms with Crippen LogP contribution in [0.15, 0.2) is 77.1 Å². The first-order valence-electron chi connectivity index (χ1n) is 10.4. The SMILES string of the molecule is CC1=C(C(=O)OCc2ccccc2)C(c2ccccc2C(F)(F)F)C2=C(CCCC2=O)N1. The molecule has 0 saturated carbocycles. The summed E-state index contributed by atoms with van der Waals surface area (Å²) in [5.41, 5.74) is 1.02. The molecule has 0 radical (unpaired) electrons. The number of alkyl halides is 3. The molecule has 0 fully saturated rings. The van der Waals surface area contributed by atoms with Gasteiger partial charge in [0.2, 0.25) is 0 Å². The number of rotatable bonds is 4. The maximum Gasteiger partial charge on any atom is 0.416 e. The highest BCUT2D eigenvalue weighted by Crippen LogP contribution is 2.46. The Kier molecular flexibility index (Phi) is 5.91. The van der Waals surface area contributed by atoms with Crippen LogP contribution in [-0.4, -0.2) is 11.8 Å². The van der Waals surface area contributed by atoms with E-state index in [0.29, 0.717) is 24.2 Å². The molecular formula is C25H22F3NO3. The quantitative estimate of drug-likeness (QED) is 0.644. The van der Waals surface area contributed by atoms with Crippen LogP contribution in [0.25, 0.3) is 0 Å². The molecule has 0 amide bonds. The second kappa shape index (κ2) is 8.65. The number of halogens is 3. The van der Waals surface area contributed by atoms with E-state index in [0.717, 1.165) is 11.6 Å². The zero-order valence-electron chi connectivity index (χ0n) is 17.5. The molecule has 0 spiro atoms. The van der Waals surface area contributed by atoms with Gasteiger partial charge in [-0.2, -0.15) is 13.2 Å². The van der Waals surface area contributed by atoms with Crippen LogP contribution >= 0.6 is 0 Å². The highest BCUT2D eigenvalue weighted by molar-refractivity contribution is 6.03. The summed E-state index contributed by atoms with van der Waals surface area (Å²) in [5, 5.41) is 3.09. The number of dihydropyridines is 1. The Morgan fingerprint density at radius 2 is 1.75 bits per heavy atom. The zero-order valence-corrected chi connectivity index (χ0v) is 17.5. The van der Waals surface area contributed by atoms with Crippen LogP contribution in [0, 0.1) is 0 Å². The standard InChI is InChI=1S/C25H22F3NO3/c1-15-21(24(31)32-14-16-8-3-2-4-9-16)22(23-19(29-15)12-7-13-20(23)30)17-10-5-6-11-18(17)25(26,27)28/h2-6,8-11,22,29H,7,12-14H2,1H3. The Bertz CT molecular complexity index is 1120. The molecule has 0 bridgehead atoms. The van der Waals surface area contributed by atoms with Crippen molar-refractivity contribution in [1.29, 1.82) is 0 Å². The van der Waals surface area contributed by atoms with Crippen molar-refractivity contribution < 1.29 is 27.5 Å². The van der Waals surface area contributed by atoms with Crippen LogP contribution in [-0.2, 0) is 27.1 Å². The number of nitrogens with one attached hydrogen (secondary N) is 1. The lowest BCUT2D eigenvalue weighted by atomic mass is 9.74. The number of ketones is 1. The monoisotopic (exact) mass is 441 g/mol. The van der Waals surface area contributed by atoms with Crippen molar-refractivity contribution in [2.45, 2.75) is 44.9 Å². The largest absolute Gasteiger partial charge is 0.457 e. The van der Waals surface area contributed by atoms with E-state index in [1.165, 1.54) is 18.2 Å². The fraction of sp³-hybridized carbons (Fsp3) is 0.280. The number of ether oxygens (including phenoxy) is 1. The van der Waals surface area contributed by atoms with Crippen molar-refractivity contribution in [1.82, 2.24) is 5.32 Å². The van der Waals surface area contributed by atoms with Crippen molar-refractivity contribution in [2.24, 2.45) is 0 Å². The molecule has 2 aromatic rings. The van der Waals surface area contributed by atoms with E-state index in [-0.39, 0.29) is 35.5 Å². The molecule has 2 aromatic carbocycles. The van der Waals surface area contributed by atoms with Crippen LogP contribution in [0.2, 0.25) is 0 Å². The number of esters is 1. The highest BCUT2D eigenvalue weighted by atomic mass is 19.4. The number of hydrogen-bond acceptors (Lipinski definition) is 4. The normalized spacial score (nSPS) is 18.9. The number of hydrogen-bond donors (Lipinski definition) is 1. The number of Topliss-reactive ketones (excluding diaryl/α,β-unsaturated/α-hetero) is 1. The molecule has 4 rings (SSSR count). The fourth-order valence-electron chi connectivity index (χ4n) is 4.37. The lowest BCUT2D eigenvalue weighted by Gasteiger charge is -2.35. The van der Waals surface area contributed by atoms with Crippen molar-refractivity contribution in [3.8, 4) is 0 Å². The minimum absolute atomic E-state index is 0.0239. The Labute approximate surface area is 183 Å². The smallest absolute Gasteiger partial charge is 0.416 e. The van der Waals surface area contributed by atoms with Gasteiger partial charge in [0.05, 0.1) is 11.1 Å². The van der Waals surface area contributed by atoms with Crippen LogP contribution < -0.4 is 5.32 Å². The maximum atomic E-state index is 13.9. The second-order valence-electron chi connectivity index (χ2n) is 7.91. The Morgan fingerprint density at radius 1 is 1.06 bits per heavy atom. The van der Waals surface area contributed by atoms with Gasteiger partial charge in [-0.25, -0.2) is 4.79 Å². The Hall–Kier alpha value is -3.35. The third kappa shape index (κ3) is 4.20. The number of allylic oxidation sites excluding steroid dienone is 3. The first-order valence-corrected chi connectivity index (χ1v) is 10.4. The van der Waals surface area contributed by atoms with Gasteiger partial charge in [0.25, 0.3) is 0 Å². The fourth-order valence-corrected chi connectivity index (χ4v) is 4.37. The molecule has 7 heteroatoms. The second-order valence-corrected chi connectivity index (χ2v) is 7.91. The van der Waals surface area contributed by atoms with Gasteiger partial charge in [-0.15, -0.1) is 0 Å². The van der Waals surface area contributed by atoms with Crippen molar-refractivity contribution in [2.75, 3.05) is 0 Å². The molecule has 1 aliphatic carbocycles. The lowest BCUT2D eigenvalue weighted by molar-refractivity contribution is -0.142. The molecule has 1 heterocycles. The minimum atomic E-state index is -4.63. The predicted molar refractivity (Wildman–Crippen MR) is 112 cm³/mol. The van der Waals surface area contributed by atoms with Gasteiger partial charge < -0.3 is 10.1 Å². The summed E-state index contributed by atoms with van der Waals surface area (Å²) in [4.78, 5) is 26.0. The van der Waals surface area contributed by atoms with E-state index in [1.54, 1.807) is 31.2 Å². The summed E-state index contributed by atoms with van der Waals surface area (Å²) >= 11 is 0. The van der Waals surface area contributed by atoms with Crippen LogP contribution in [0.5, 0.6) is 0 Å². The summed E-state index contributed by atoms with van der Waals surface area (Å²) < 4.78 is 47.1. The highest BCUT2D eigenvalue weighted by Gasteiger charge is 2.43. The number of carbonyl (C=O) groups is 2. The minimum Gasteiger partial charge on any atom is -0.457 e. The van der Waals surface area contributed by atoms with Gasteiger partial charge in [0.1, 0.15) is 6.61 Å². The third-order valence-corrected chi connectivity index (χ3v) is 5.79. The maximum absolute atomic E-state index is 13.9. The van der Waals surface area contributed by atoms with Gasteiger partial charge in [0, 0.05) is 29.3 Å². The van der Waals surface area contributed by atoms with E-state index in [1.807, 2.05) is 6.07 Å². The van der Waals surface area contributed by atoms with Crippen LogP contribution in [0.4, 0.5) is 13.2 Å². The molecular weight excluding hydrogens is 419 g/mol. The molecule has 1 N–H and O–H groups in total. The van der Waals surface area contributed by atoms with E-state index in [2.05, 4.69) is 5.32 Å². The third-order valence-electron chi connectivity index (χ3n) is 5.79. The summed E-state index contributed by atoms with van der Waals surface area (Å²) in [6, 6.07) is 14.1. The molecule has 0 aromatic heterocycles. The number of carbonyl (C=O) groups excluding carboxylic acids is 2. The zero-order chi connectivity index (χ0) is 22.9. The summed E-state index contributed by atoms with van der Waals surface area (Å²) in [7, 11) is 0. The van der Waals surface area contributed by atoms with E-state index in [4.69, 9.17) is 4.74 Å². The summed E-state index contributed by atoms with van der Waals surface area (Å²) in [6.45, 7) is 1.61. The Balaban J connectivity index is 1.80. The average molecular weight is 441 g/mol. The summed E-state index contributed by atoms with van der Waals surface area (Å²) in [6.07, 6.45) is -3.25. The first-order chi connectivity index (χ1) is 15.3. The molecule has 1 atom stereocenters. The molecule has 1 unspecified atom stereocenters. The molecule has 166 valence electrons. The number of benzene rings is 2. The van der Waals surface area contributed by atoms with Gasteiger partial charge >= 0.3 is 12.1 Å². The van der Waals surface area contributed by atoms with E-state index < -0.39 is 23.6 Å². The van der Waals surface area contributed by atoms with Gasteiger partial charge in [-0.05, 0) is 37.0 Å². The Morgan fingerprint density at radius 3 is 2.47 bits per heavy atom. The first kappa shape index (κ1) is 21.9. The van der Waals surface area contributed by atoms with Crippen LogP contribution in [0.1, 0.15) is 48.8 Å².